The minimum Gasteiger partial charge on any atom is -0.497 e. The molecular formula is C26H35NO4. The molecule has 1 amide bonds. The van der Waals surface area contributed by atoms with Crippen LogP contribution in [0.15, 0.2) is 48.5 Å². The van der Waals surface area contributed by atoms with E-state index >= 15 is 0 Å². The van der Waals surface area contributed by atoms with E-state index < -0.39 is 0 Å². The summed E-state index contributed by atoms with van der Waals surface area (Å²) in [6.07, 6.45) is 6.67. The highest BCUT2D eigenvalue weighted by Crippen LogP contribution is 2.30. The molecule has 2 atom stereocenters. The summed E-state index contributed by atoms with van der Waals surface area (Å²) >= 11 is 0. The molecule has 0 aliphatic carbocycles. The van der Waals surface area contributed by atoms with Gasteiger partial charge in [0.1, 0.15) is 5.75 Å². The third-order valence-electron chi connectivity index (χ3n) is 6.00. The molecule has 0 radical (unpaired) electrons. The molecule has 31 heavy (non-hydrogen) atoms. The molecule has 1 fully saturated rings. The SMILES string of the molecule is CCCCCC(OCc1ccc(OC)cc1)c1ccc(N2C(=O)CCC[C@@H]2CO)cc1. The number of hydrogen-bond donors (Lipinski definition) is 1. The lowest BCUT2D eigenvalue weighted by Gasteiger charge is -2.34. The van der Waals surface area contributed by atoms with Crippen molar-refractivity contribution in [2.45, 2.75) is 70.6 Å². The quantitative estimate of drug-likeness (QED) is 0.489. The van der Waals surface area contributed by atoms with Crippen molar-refractivity contribution >= 4 is 11.6 Å². The van der Waals surface area contributed by atoms with Gasteiger partial charge in [0, 0.05) is 12.1 Å². The molecule has 5 nitrogen and oxygen atoms in total. The normalized spacial score (nSPS) is 17.6. The Balaban J connectivity index is 1.71. The zero-order valence-electron chi connectivity index (χ0n) is 18.8. The number of ether oxygens (including phenoxy) is 2. The summed E-state index contributed by atoms with van der Waals surface area (Å²) in [5.41, 5.74) is 3.09. The fourth-order valence-electron chi connectivity index (χ4n) is 4.16. The Labute approximate surface area is 186 Å². The van der Waals surface area contributed by atoms with Crippen molar-refractivity contribution in [1.29, 1.82) is 0 Å². The standard InChI is InChI=1S/C26H35NO4/c1-3-4-5-8-25(31-19-20-10-16-24(30-2)17-11-20)21-12-14-22(15-13-21)27-23(18-28)7-6-9-26(27)29/h10-17,23,25,28H,3-9,18-19H2,1-2H3/t23-,25?/m1/s1. The third-order valence-corrected chi connectivity index (χ3v) is 6.00. The van der Waals surface area contributed by atoms with Gasteiger partial charge in [0.25, 0.3) is 0 Å². The summed E-state index contributed by atoms with van der Waals surface area (Å²) in [5.74, 6) is 0.931. The van der Waals surface area contributed by atoms with Crippen molar-refractivity contribution in [3.63, 3.8) is 0 Å². The molecule has 3 rings (SSSR count). The molecule has 1 N–H and O–H groups in total. The zero-order chi connectivity index (χ0) is 22.1. The van der Waals surface area contributed by atoms with Crippen molar-refractivity contribution in [1.82, 2.24) is 0 Å². The van der Waals surface area contributed by atoms with Crippen LogP contribution in [0.1, 0.15) is 69.1 Å². The van der Waals surface area contributed by atoms with Crippen LogP contribution in [-0.2, 0) is 16.1 Å². The highest BCUT2D eigenvalue weighted by molar-refractivity contribution is 5.94. The van der Waals surface area contributed by atoms with Crippen LogP contribution >= 0.6 is 0 Å². The zero-order valence-corrected chi connectivity index (χ0v) is 18.8. The van der Waals surface area contributed by atoms with Crippen molar-refractivity contribution in [3.8, 4) is 5.75 Å². The Bertz CT molecular complexity index is 803. The van der Waals surface area contributed by atoms with E-state index in [0.29, 0.717) is 13.0 Å². The average Bonchev–Trinajstić information content (AvgIpc) is 2.81. The number of anilines is 1. The van der Waals surface area contributed by atoms with Gasteiger partial charge in [0.15, 0.2) is 0 Å². The van der Waals surface area contributed by atoms with Gasteiger partial charge < -0.3 is 19.5 Å². The summed E-state index contributed by atoms with van der Waals surface area (Å²) in [6.45, 7) is 2.74. The van der Waals surface area contributed by atoms with Crippen LogP contribution in [0.25, 0.3) is 0 Å². The number of aliphatic hydroxyl groups is 1. The molecule has 1 aliphatic rings. The van der Waals surface area contributed by atoms with Crippen molar-refractivity contribution in [2.75, 3.05) is 18.6 Å². The second-order valence-corrected chi connectivity index (χ2v) is 8.23. The molecule has 2 aromatic carbocycles. The highest BCUT2D eigenvalue weighted by atomic mass is 16.5. The minimum absolute atomic E-state index is 0.00188. The molecule has 2 aromatic rings. The van der Waals surface area contributed by atoms with Crippen LogP contribution in [0.4, 0.5) is 5.69 Å². The summed E-state index contributed by atoms with van der Waals surface area (Å²) in [5, 5.41) is 9.69. The Morgan fingerprint density at radius 2 is 1.84 bits per heavy atom. The van der Waals surface area contributed by atoms with Gasteiger partial charge in [-0.05, 0) is 54.7 Å². The highest BCUT2D eigenvalue weighted by Gasteiger charge is 2.28. The number of carbonyl (C=O) groups excluding carboxylic acids is 1. The first-order chi connectivity index (χ1) is 15.2. The molecule has 1 aliphatic heterocycles. The van der Waals surface area contributed by atoms with Crippen LogP contribution in [0.5, 0.6) is 5.75 Å². The number of hydrogen-bond acceptors (Lipinski definition) is 4. The van der Waals surface area contributed by atoms with E-state index in [2.05, 4.69) is 19.1 Å². The van der Waals surface area contributed by atoms with Gasteiger partial charge in [-0.15, -0.1) is 0 Å². The van der Waals surface area contributed by atoms with Crippen LogP contribution in [-0.4, -0.2) is 30.8 Å². The summed E-state index contributed by atoms with van der Waals surface area (Å²) in [4.78, 5) is 14.2. The summed E-state index contributed by atoms with van der Waals surface area (Å²) in [6, 6.07) is 15.9. The van der Waals surface area contributed by atoms with Gasteiger partial charge in [-0.25, -0.2) is 0 Å². The van der Waals surface area contributed by atoms with Crippen molar-refractivity contribution in [3.05, 3.63) is 59.7 Å². The van der Waals surface area contributed by atoms with Crippen LogP contribution < -0.4 is 9.64 Å². The predicted molar refractivity (Wildman–Crippen MR) is 123 cm³/mol. The van der Waals surface area contributed by atoms with E-state index in [1.165, 1.54) is 12.8 Å². The molecule has 0 spiro atoms. The lowest BCUT2D eigenvalue weighted by atomic mass is 9.99. The number of amides is 1. The lowest BCUT2D eigenvalue weighted by Crippen LogP contribution is -2.45. The minimum atomic E-state index is -0.126. The molecule has 1 unspecified atom stereocenters. The molecule has 0 bridgehead atoms. The molecule has 168 valence electrons. The summed E-state index contributed by atoms with van der Waals surface area (Å²) in [7, 11) is 1.67. The fourth-order valence-corrected chi connectivity index (χ4v) is 4.16. The first-order valence-electron chi connectivity index (χ1n) is 11.4. The Kier molecular flexibility index (Phi) is 8.92. The predicted octanol–water partition coefficient (Wildman–Crippen LogP) is 5.41. The second-order valence-electron chi connectivity index (χ2n) is 8.23. The third kappa shape index (κ3) is 6.31. The number of benzene rings is 2. The first-order valence-corrected chi connectivity index (χ1v) is 11.4. The van der Waals surface area contributed by atoms with E-state index in [9.17, 15) is 9.90 Å². The van der Waals surface area contributed by atoms with Gasteiger partial charge >= 0.3 is 0 Å². The molecule has 1 saturated heterocycles. The van der Waals surface area contributed by atoms with Crippen LogP contribution in [0, 0.1) is 0 Å². The molecular weight excluding hydrogens is 390 g/mol. The molecule has 0 saturated carbocycles. The number of carbonyl (C=O) groups is 1. The number of methoxy groups -OCH3 is 1. The van der Waals surface area contributed by atoms with E-state index in [-0.39, 0.29) is 24.7 Å². The summed E-state index contributed by atoms with van der Waals surface area (Å²) < 4.78 is 11.6. The molecule has 0 aromatic heterocycles. The Morgan fingerprint density at radius 3 is 2.48 bits per heavy atom. The molecule has 1 heterocycles. The number of aliphatic hydroxyl groups excluding tert-OH is 1. The van der Waals surface area contributed by atoms with E-state index in [1.54, 1.807) is 12.0 Å². The smallest absolute Gasteiger partial charge is 0.227 e. The first kappa shape index (κ1) is 23.3. The molecule has 5 heteroatoms. The van der Waals surface area contributed by atoms with Crippen LogP contribution in [0.2, 0.25) is 0 Å². The van der Waals surface area contributed by atoms with Gasteiger partial charge in [-0.2, -0.15) is 0 Å². The number of rotatable bonds is 11. The monoisotopic (exact) mass is 425 g/mol. The number of piperidine rings is 1. The number of nitrogens with zero attached hydrogens (tertiary/aromatic N) is 1. The Hall–Kier alpha value is -2.37. The van der Waals surface area contributed by atoms with E-state index in [0.717, 1.165) is 48.2 Å². The lowest BCUT2D eigenvalue weighted by molar-refractivity contribution is -0.120. The Morgan fingerprint density at radius 1 is 1.10 bits per heavy atom. The van der Waals surface area contributed by atoms with Gasteiger partial charge in [0.05, 0.1) is 32.5 Å². The maximum absolute atomic E-state index is 12.4. The maximum Gasteiger partial charge on any atom is 0.227 e. The second kappa shape index (κ2) is 11.9. The topological polar surface area (TPSA) is 59.0 Å². The average molecular weight is 426 g/mol. The van der Waals surface area contributed by atoms with Crippen molar-refractivity contribution in [2.24, 2.45) is 0 Å². The van der Waals surface area contributed by atoms with Crippen LogP contribution in [0.3, 0.4) is 0 Å². The number of unbranched alkanes of at least 4 members (excludes halogenated alkanes) is 2. The van der Waals surface area contributed by atoms with E-state index in [4.69, 9.17) is 9.47 Å². The van der Waals surface area contributed by atoms with Gasteiger partial charge in [-0.3, -0.25) is 4.79 Å². The van der Waals surface area contributed by atoms with Crippen molar-refractivity contribution < 1.29 is 19.4 Å². The van der Waals surface area contributed by atoms with E-state index in [1.807, 2.05) is 36.4 Å². The maximum atomic E-state index is 12.4. The van der Waals surface area contributed by atoms with Gasteiger partial charge in [-0.1, -0.05) is 50.5 Å². The van der Waals surface area contributed by atoms with Gasteiger partial charge in [0.2, 0.25) is 5.91 Å². The fraction of sp³-hybridized carbons (Fsp3) is 0.500. The largest absolute Gasteiger partial charge is 0.497 e.